The van der Waals surface area contributed by atoms with Crippen molar-refractivity contribution < 1.29 is 4.74 Å². The van der Waals surface area contributed by atoms with Crippen LogP contribution in [0, 0.1) is 0 Å². The topological polar surface area (TPSA) is 27.1 Å². The van der Waals surface area contributed by atoms with Gasteiger partial charge in [0.2, 0.25) is 0 Å². The zero-order valence-electron chi connectivity index (χ0n) is 10.3. The van der Waals surface area contributed by atoms with E-state index in [9.17, 15) is 0 Å². The summed E-state index contributed by atoms with van der Waals surface area (Å²) in [7, 11) is 0. The fraction of sp³-hybridized carbons (Fsp3) is 0.357. The van der Waals surface area contributed by atoms with Crippen LogP contribution in [0.5, 0.6) is 5.75 Å². The number of hydrogen-bond acceptors (Lipinski definition) is 2. The Bertz CT molecular complexity index is 457. The maximum Gasteiger partial charge on any atom is 0.133 e. The maximum absolute atomic E-state index is 5.71. The third kappa shape index (κ3) is 4.18. The second-order valence-electron chi connectivity index (χ2n) is 4.14. The number of aromatic nitrogens is 2. The molecule has 2 rings (SSSR count). The van der Waals surface area contributed by atoms with E-state index in [0.29, 0.717) is 0 Å². The van der Waals surface area contributed by atoms with Crippen molar-refractivity contribution in [1.82, 2.24) is 9.55 Å². The Kier molecular flexibility index (Phi) is 5.27. The molecule has 3 nitrogen and oxygen atoms in total. The molecule has 96 valence electrons. The van der Waals surface area contributed by atoms with Crippen LogP contribution in [0.1, 0.15) is 19.3 Å². The average Bonchev–Trinajstić information content (AvgIpc) is 2.89. The third-order valence-electron chi connectivity index (χ3n) is 2.71. The Morgan fingerprint density at radius 2 is 2.06 bits per heavy atom. The van der Waals surface area contributed by atoms with E-state index in [1.807, 2.05) is 43.0 Å². The second kappa shape index (κ2) is 7.21. The van der Waals surface area contributed by atoms with E-state index in [2.05, 4.69) is 25.5 Å². The van der Waals surface area contributed by atoms with Gasteiger partial charge in [0, 0.05) is 18.9 Å². The zero-order valence-corrected chi connectivity index (χ0v) is 11.8. The molecule has 0 spiro atoms. The van der Waals surface area contributed by atoms with Crippen LogP contribution >= 0.6 is 15.9 Å². The number of para-hydroxylation sites is 1. The van der Waals surface area contributed by atoms with Crippen molar-refractivity contribution in [2.75, 3.05) is 6.61 Å². The number of imidazole rings is 1. The molecular weight excluding hydrogens is 292 g/mol. The molecule has 0 aliphatic rings. The predicted octanol–water partition coefficient (Wildman–Crippen LogP) is 3.89. The van der Waals surface area contributed by atoms with Gasteiger partial charge in [-0.25, -0.2) is 4.98 Å². The van der Waals surface area contributed by atoms with Crippen LogP contribution in [0.15, 0.2) is 47.5 Å². The molecule has 0 aliphatic carbocycles. The first-order valence-electron chi connectivity index (χ1n) is 6.19. The predicted molar refractivity (Wildman–Crippen MR) is 75.7 cm³/mol. The lowest BCUT2D eigenvalue weighted by Gasteiger charge is -2.07. The maximum atomic E-state index is 5.71. The average molecular weight is 309 g/mol. The van der Waals surface area contributed by atoms with Crippen LogP contribution in [0.4, 0.5) is 0 Å². The molecule has 4 heteroatoms. The number of rotatable bonds is 7. The fourth-order valence-electron chi connectivity index (χ4n) is 1.74. The lowest BCUT2D eigenvalue weighted by molar-refractivity contribution is 0.302. The van der Waals surface area contributed by atoms with E-state index < -0.39 is 0 Å². The van der Waals surface area contributed by atoms with E-state index in [1.165, 1.54) is 6.42 Å². The van der Waals surface area contributed by atoms with Gasteiger partial charge in [-0.3, -0.25) is 0 Å². The van der Waals surface area contributed by atoms with Gasteiger partial charge < -0.3 is 9.30 Å². The van der Waals surface area contributed by atoms with Gasteiger partial charge in [-0.2, -0.15) is 0 Å². The number of ether oxygens (including phenoxy) is 1. The van der Waals surface area contributed by atoms with Gasteiger partial charge in [0.1, 0.15) is 5.75 Å². The summed E-state index contributed by atoms with van der Waals surface area (Å²) < 4.78 is 8.83. The van der Waals surface area contributed by atoms with Gasteiger partial charge in [0.15, 0.2) is 0 Å². The zero-order chi connectivity index (χ0) is 12.6. The Morgan fingerprint density at radius 3 is 2.83 bits per heavy atom. The molecule has 1 heterocycles. The monoisotopic (exact) mass is 308 g/mol. The van der Waals surface area contributed by atoms with Crippen molar-refractivity contribution in [2.24, 2.45) is 0 Å². The first kappa shape index (κ1) is 13.1. The van der Waals surface area contributed by atoms with E-state index in [1.54, 1.807) is 0 Å². The van der Waals surface area contributed by atoms with Gasteiger partial charge in [-0.15, -0.1) is 0 Å². The number of unbranched alkanes of at least 4 members (excludes halogenated alkanes) is 2. The Hall–Kier alpha value is -1.29. The van der Waals surface area contributed by atoms with Crippen molar-refractivity contribution in [3.05, 3.63) is 47.5 Å². The number of nitrogens with zero attached hydrogens (tertiary/aromatic N) is 2. The highest BCUT2D eigenvalue weighted by Gasteiger charge is 1.98. The summed E-state index contributed by atoms with van der Waals surface area (Å²) in [5.74, 6) is 0.923. The molecule has 0 aliphatic heterocycles. The quantitative estimate of drug-likeness (QED) is 0.725. The first-order chi connectivity index (χ1) is 8.86. The second-order valence-corrected chi connectivity index (χ2v) is 4.99. The molecule has 0 radical (unpaired) electrons. The van der Waals surface area contributed by atoms with Crippen LogP contribution in [0.2, 0.25) is 0 Å². The van der Waals surface area contributed by atoms with Gasteiger partial charge in [-0.05, 0) is 47.3 Å². The van der Waals surface area contributed by atoms with Crippen LogP contribution in [-0.2, 0) is 6.54 Å². The Balaban J connectivity index is 1.58. The summed E-state index contributed by atoms with van der Waals surface area (Å²) in [5.41, 5.74) is 0. The molecule has 2 aromatic rings. The van der Waals surface area contributed by atoms with Crippen molar-refractivity contribution >= 4 is 15.9 Å². The van der Waals surface area contributed by atoms with Gasteiger partial charge >= 0.3 is 0 Å². The van der Waals surface area contributed by atoms with Crippen molar-refractivity contribution in [3.8, 4) is 5.75 Å². The largest absolute Gasteiger partial charge is 0.492 e. The molecule has 0 unspecified atom stereocenters. The van der Waals surface area contributed by atoms with Crippen molar-refractivity contribution in [3.63, 3.8) is 0 Å². The third-order valence-corrected chi connectivity index (χ3v) is 3.37. The molecule has 0 fully saturated rings. The number of hydrogen-bond donors (Lipinski definition) is 0. The number of halogens is 1. The molecule has 0 saturated heterocycles. The normalized spacial score (nSPS) is 10.5. The van der Waals surface area contributed by atoms with Crippen LogP contribution < -0.4 is 4.74 Å². The lowest BCUT2D eigenvalue weighted by Crippen LogP contribution is -1.99. The first-order valence-corrected chi connectivity index (χ1v) is 6.98. The summed E-state index contributed by atoms with van der Waals surface area (Å²) in [6.45, 7) is 1.81. The lowest BCUT2D eigenvalue weighted by atomic mass is 10.2. The van der Waals surface area contributed by atoms with Crippen molar-refractivity contribution in [2.45, 2.75) is 25.8 Å². The highest BCUT2D eigenvalue weighted by atomic mass is 79.9. The summed E-state index contributed by atoms with van der Waals surface area (Å²) in [5, 5.41) is 0. The molecule has 0 amide bonds. The summed E-state index contributed by atoms with van der Waals surface area (Å²) >= 11 is 3.47. The number of aryl methyl sites for hydroxylation is 1. The van der Waals surface area contributed by atoms with E-state index >= 15 is 0 Å². The van der Waals surface area contributed by atoms with Crippen LogP contribution in [0.3, 0.4) is 0 Å². The minimum atomic E-state index is 0.770. The van der Waals surface area contributed by atoms with E-state index in [4.69, 9.17) is 4.74 Å². The molecule has 0 saturated carbocycles. The highest BCUT2D eigenvalue weighted by Crippen LogP contribution is 2.23. The Labute approximate surface area is 116 Å². The van der Waals surface area contributed by atoms with Gasteiger partial charge in [0.25, 0.3) is 0 Å². The van der Waals surface area contributed by atoms with Gasteiger partial charge in [-0.1, -0.05) is 12.1 Å². The number of benzene rings is 1. The SMILES string of the molecule is Brc1ccccc1OCCCCCn1ccnc1. The molecule has 1 aromatic carbocycles. The smallest absolute Gasteiger partial charge is 0.133 e. The van der Waals surface area contributed by atoms with Gasteiger partial charge in [0.05, 0.1) is 17.4 Å². The summed E-state index contributed by atoms with van der Waals surface area (Å²) in [4.78, 5) is 4.02. The molecule has 0 bridgehead atoms. The minimum absolute atomic E-state index is 0.770. The standard InChI is InChI=1S/C14H17BrN2O/c15-13-6-2-3-7-14(13)18-11-5-1-4-9-17-10-8-16-12-17/h2-3,6-8,10,12H,1,4-5,9,11H2. The molecular formula is C14H17BrN2O. The Morgan fingerprint density at radius 1 is 1.17 bits per heavy atom. The molecule has 0 N–H and O–H groups in total. The summed E-state index contributed by atoms with van der Waals surface area (Å²) in [6, 6.07) is 7.95. The van der Waals surface area contributed by atoms with E-state index in [0.717, 1.165) is 36.2 Å². The molecule has 1 aromatic heterocycles. The van der Waals surface area contributed by atoms with Crippen LogP contribution in [0.25, 0.3) is 0 Å². The molecule has 18 heavy (non-hydrogen) atoms. The fourth-order valence-corrected chi connectivity index (χ4v) is 2.14. The minimum Gasteiger partial charge on any atom is -0.492 e. The molecule has 0 atom stereocenters. The van der Waals surface area contributed by atoms with Crippen LogP contribution in [-0.4, -0.2) is 16.2 Å². The highest BCUT2D eigenvalue weighted by molar-refractivity contribution is 9.10. The van der Waals surface area contributed by atoms with E-state index in [-0.39, 0.29) is 0 Å². The van der Waals surface area contributed by atoms with Crippen molar-refractivity contribution in [1.29, 1.82) is 0 Å². The summed E-state index contributed by atoms with van der Waals surface area (Å²) in [6.07, 6.45) is 9.08.